The Morgan fingerprint density at radius 3 is 2.24 bits per heavy atom. The monoisotopic (exact) mass is 396 g/mol. The molecule has 2 aliphatic rings. The number of rotatable bonds is 3. The van der Waals surface area contributed by atoms with Gasteiger partial charge in [-0.1, -0.05) is 32.9 Å². The van der Waals surface area contributed by atoms with Crippen molar-refractivity contribution >= 4 is 17.4 Å². The van der Waals surface area contributed by atoms with Crippen molar-refractivity contribution < 1.29 is 14.3 Å². The minimum Gasteiger partial charge on any atom is -0.347 e. The average molecular weight is 396 g/mol. The second-order valence-electron chi connectivity index (χ2n) is 8.64. The highest BCUT2D eigenvalue weighted by molar-refractivity contribution is 5.92. The van der Waals surface area contributed by atoms with Crippen LogP contribution in [0.15, 0.2) is 36.7 Å². The van der Waals surface area contributed by atoms with Crippen LogP contribution in [0.5, 0.6) is 0 Å². The number of anilines is 2. The molecule has 7 nitrogen and oxygen atoms in total. The lowest BCUT2D eigenvalue weighted by Crippen LogP contribution is -2.47. The van der Waals surface area contributed by atoms with Gasteiger partial charge in [0, 0.05) is 31.6 Å². The molecule has 1 aromatic carbocycles. The molecule has 29 heavy (non-hydrogen) atoms. The summed E-state index contributed by atoms with van der Waals surface area (Å²) in [7, 11) is 0. The van der Waals surface area contributed by atoms with Crippen LogP contribution < -0.4 is 5.32 Å². The molecule has 2 aliphatic heterocycles. The number of likely N-dealkylation sites (tertiary alicyclic amines) is 1. The molecule has 0 aliphatic carbocycles. The van der Waals surface area contributed by atoms with Gasteiger partial charge in [0.1, 0.15) is 11.5 Å². The van der Waals surface area contributed by atoms with Crippen LogP contribution in [-0.2, 0) is 14.9 Å². The van der Waals surface area contributed by atoms with Gasteiger partial charge in [0.05, 0.1) is 25.6 Å². The fourth-order valence-corrected chi connectivity index (χ4v) is 3.70. The van der Waals surface area contributed by atoms with Crippen molar-refractivity contribution in [2.24, 2.45) is 0 Å². The lowest BCUT2D eigenvalue weighted by molar-refractivity contribution is -0.181. The van der Waals surface area contributed by atoms with Crippen molar-refractivity contribution in [3.63, 3.8) is 0 Å². The molecule has 3 heterocycles. The third-order valence-electron chi connectivity index (χ3n) is 5.52. The topological polar surface area (TPSA) is 76.6 Å². The van der Waals surface area contributed by atoms with Gasteiger partial charge in [0.2, 0.25) is 0 Å². The van der Waals surface area contributed by atoms with E-state index >= 15 is 0 Å². The van der Waals surface area contributed by atoms with Gasteiger partial charge in [-0.05, 0) is 23.1 Å². The molecule has 2 saturated heterocycles. The van der Waals surface area contributed by atoms with Crippen LogP contribution in [0.4, 0.5) is 11.5 Å². The van der Waals surface area contributed by atoms with Gasteiger partial charge in [0.15, 0.2) is 5.79 Å². The Labute approximate surface area is 171 Å². The molecule has 0 unspecified atom stereocenters. The predicted molar refractivity (Wildman–Crippen MR) is 110 cm³/mol. The van der Waals surface area contributed by atoms with E-state index in [4.69, 9.17) is 9.47 Å². The van der Waals surface area contributed by atoms with E-state index in [0.29, 0.717) is 50.7 Å². The number of carbonyl (C=O) groups excluding carboxylic acids is 1. The highest BCUT2D eigenvalue weighted by Gasteiger charge is 2.41. The van der Waals surface area contributed by atoms with E-state index in [1.807, 2.05) is 12.1 Å². The highest BCUT2D eigenvalue weighted by atomic mass is 16.7. The molecule has 1 N–H and O–H groups in total. The van der Waals surface area contributed by atoms with Crippen molar-refractivity contribution in [1.82, 2.24) is 14.9 Å². The van der Waals surface area contributed by atoms with Crippen LogP contribution in [0.25, 0.3) is 0 Å². The van der Waals surface area contributed by atoms with Gasteiger partial charge >= 0.3 is 0 Å². The molecule has 0 bridgehead atoms. The zero-order valence-electron chi connectivity index (χ0n) is 17.3. The number of nitrogens with one attached hydrogen (secondary N) is 1. The maximum atomic E-state index is 12.7. The summed E-state index contributed by atoms with van der Waals surface area (Å²) in [6.07, 6.45) is 4.51. The summed E-state index contributed by atoms with van der Waals surface area (Å²) in [5.41, 5.74) is 2.67. The minimum atomic E-state index is -0.487. The van der Waals surface area contributed by atoms with E-state index in [9.17, 15) is 4.79 Å². The summed E-state index contributed by atoms with van der Waals surface area (Å²) in [5.74, 6) is 0.0144. The quantitative estimate of drug-likeness (QED) is 0.856. The number of ether oxygens (including phenoxy) is 2. The fourth-order valence-electron chi connectivity index (χ4n) is 3.70. The first-order chi connectivity index (χ1) is 13.8. The molecular formula is C22H28N4O3. The standard InChI is InChI=1S/C22H28N4O3/c1-21(2,3)16-4-6-17(7-5-16)25-19-15-23-18(14-24-19)20(27)26-10-8-22(9-11-26)28-12-13-29-22/h4-7,14-15H,8-13H2,1-3H3,(H,24,25). The molecule has 2 fully saturated rings. The Hall–Kier alpha value is -2.51. The summed E-state index contributed by atoms with van der Waals surface area (Å²) in [5, 5.41) is 3.23. The molecule has 154 valence electrons. The van der Waals surface area contributed by atoms with E-state index in [2.05, 4.69) is 48.2 Å². The SMILES string of the molecule is CC(C)(C)c1ccc(Nc2cnc(C(=O)N3CCC4(CC3)OCCO4)cn2)cc1. The van der Waals surface area contributed by atoms with Crippen LogP contribution in [0.1, 0.15) is 49.7 Å². The molecule has 1 aromatic heterocycles. The van der Waals surface area contributed by atoms with Gasteiger partial charge in [-0.3, -0.25) is 4.79 Å². The molecule has 0 atom stereocenters. The number of piperidine rings is 1. The Morgan fingerprint density at radius 1 is 1.03 bits per heavy atom. The summed E-state index contributed by atoms with van der Waals surface area (Å²) in [6.45, 7) is 9.02. The largest absolute Gasteiger partial charge is 0.347 e. The normalized spacial score (nSPS) is 18.8. The molecule has 4 rings (SSSR count). The van der Waals surface area contributed by atoms with Gasteiger partial charge in [-0.15, -0.1) is 0 Å². The van der Waals surface area contributed by atoms with Gasteiger partial charge in [-0.25, -0.2) is 9.97 Å². The molecule has 1 amide bonds. The Kier molecular flexibility index (Phi) is 5.27. The first kappa shape index (κ1) is 19.8. The fraction of sp³-hybridized carbons (Fsp3) is 0.500. The Morgan fingerprint density at radius 2 is 1.69 bits per heavy atom. The van der Waals surface area contributed by atoms with E-state index in [-0.39, 0.29) is 11.3 Å². The molecule has 0 saturated carbocycles. The van der Waals surface area contributed by atoms with E-state index < -0.39 is 5.79 Å². The average Bonchev–Trinajstić information content (AvgIpc) is 3.16. The summed E-state index contributed by atoms with van der Waals surface area (Å²) in [4.78, 5) is 23.2. The Balaban J connectivity index is 1.36. The number of benzene rings is 1. The van der Waals surface area contributed by atoms with Crippen LogP contribution in [-0.4, -0.2) is 52.9 Å². The number of amides is 1. The van der Waals surface area contributed by atoms with Crippen LogP contribution in [0.3, 0.4) is 0 Å². The molecule has 7 heteroatoms. The van der Waals surface area contributed by atoms with Crippen molar-refractivity contribution in [2.75, 3.05) is 31.6 Å². The third kappa shape index (κ3) is 4.41. The summed E-state index contributed by atoms with van der Waals surface area (Å²) in [6, 6.07) is 8.26. The lowest BCUT2D eigenvalue weighted by Gasteiger charge is -2.37. The zero-order chi connectivity index (χ0) is 20.5. The number of carbonyl (C=O) groups is 1. The van der Waals surface area contributed by atoms with Crippen molar-refractivity contribution in [1.29, 1.82) is 0 Å². The highest BCUT2D eigenvalue weighted by Crippen LogP contribution is 2.31. The second-order valence-corrected chi connectivity index (χ2v) is 8.64. The molecule has 2 aromatic rings. The Bertz CT molecular complexity index is 843. The number of hydrogen-bond acceptors (Lipinski definition) is 6. The number of aromatic nitrogens is 2. The van der Waals surface area contributed by atoms with E-state index in [1.54, 1.807) is 11.1 Å². The van der Waals surface area contributed by atoms with Gasteiger partial charge in [0.25, 0.3) is 5.91 Å². The summed E-state index contributed by atoms with van der Waals surface area (Å²) >= 11 is 0. The smallest absolute Gasteiger partial charge is 0.274 e. The van der Waals surface area contributed by atoms with Crippen LogP contribution in [0, 0.1) is 0 Å². The predicted octanol–water partition coefficient (Wildman–Crippen LogP) is 3.50. The van der Waals surface area contributed by atoms with Crippen molar-refractivity contribution in [3.8, 4) is 0 Å². The van der Waals surface area contributed by atoms with Crippen LogP contribution >= 0.6 is 0 Å². The van der Waals surface area contributed by atoms with Gasteiger partial charge < -0.3 is 19.7 Å². The third-order valence-corrected chi connectivity index (χ3v) is 5.52. The molecule has 0 radical (unpaired) electrons. The molecule has 1 spiro atoms. The van der Waals surface area contributed by atoms with E-state index in [1.165, 1.54) is 11.8 Å². The lowest BCUT2D eigenvalue weighted by atomic mass is 9.87. The first-order valence-electron chi connectivity index (χ1n) is 10.1. The first-order valence-corrected chi connectivity index (χ1v) is 10.1. The zero-order valence-corrected chi connectivity index (χ0v) is 17.3. The number of hydrogen-bond donors (Lipinski definition) is 1. The maximum Gasteiger partial charge on any atom is 0.274 e. The number of nitrogens with zero attached hydrogens (tertiary/aromatic N) is 3. The summed E-state index contributed by atoms with van der Waals surface area (Å²) < 4.78 is 11.4. The van der Waals surface area contributed by atoms with Crippen LogP contribution in [0.2, 0.25) is 0 Å². The molecular weight excluding hydrogens is 368 g/mol. The van der Waals surface area contributed by atoms with Crippen molar-refractivity contribution in [3.05, 3.63) is 47.9 Å². The van der Waals surface area contributed by atoms with E-state index in [0.717, 1.165) is 5.69 Å². The minimum absolute atomic E-state index is 0.105. The maximum absolute atomic E-state index is 12.7. The van der Waals surface area contributed by atoms with Crippen molar-refractivity contribution in [2.45, 2.75) is 44.8 Å². The van der Waals surface area contributed by atoms with Gasteiger partial charge in [-0.2, -0.15) is 0 Å². The second kappa shape index (κ2) is 7.72.